The first kappa shape index (κ1) is 18.5. The Morgan fingerprint density at radius 3 is 2.65 bits per heavy atom. The molecule has 3 heterocycles. The Labute approximate surface area is 155 Å². The molecule has 1 fully saturated rings. The van der Waals surface area contributed by atoms with Crippen molar-refractivity contribution in [3.8, 4) is 0 Å². The lowest BCUT2D eigenvalue weighted by Gasteiger charge is -2.37. The molecule has 3 rings (SSSR count). The molecule has 1 aliphatic heterocycles. The molecule has 0 amide bonds. The van der Waals surface area contributed by atoms with Gasteiger partial charge in [0.05, 0.1) is 0 Å². The highest BCUT2D eigenvalue weighted by Gasteiger charge is 2.25. The fraction of sp³-hybridized carbons (Fsp3) is 0.409. The summed E-state index contributed by atoms with van der Waals surface area (Å²) in [6.07, 6.45) is 5.88. The Bertz CT molecular complexity index is 857. The van der Waals surface area contributed by atoms with Gasteiger partial charge in [0.25, 0.3) is 0 Å². The molecule has 26 heavy (non-hydrogen) atoms. The van der Waals surface area contributed by atoms with Crippen molar-refractivity contribution in [3.63, 3.8) is 0 Å². The summed E-state index contributed by atoms with van der Waals surface area (Å²) in [5.41, 5.74) is 4.75. The predicted octanol–water partition coefficient (Wildman–Crippen LogP) is 4.65. The van der Waals surface area contributed by atoms with Crippen LogP contribution in [0.2, 0.25) is 0 Å². The van der Waals surface area contributed by atoms with Crippen molar-refractivity contribution in [3.05, 3.63) is 54.3 Å². The molecule has 2 aromatic rings. The van der Waals surface area contributed by atoms with Gasteiger partial charge in [-0.25, -0.2) is 0 Å². The number of anilines is 1. The minimum atomic E-state index is 0.0968. The Morgan fingerprint density at radius 2 is 2.08 bits per heavy atom. The Hall–Kier alpha value is -2.33. The van der Waals surface area contributed by atoms with Crippen molar-refractivity contribution in [2.75, 3.05) is 24.7 Å². The van der Waals surface area contributed by atoms with E-state index in [2.05, 4.69) is 48.6 Å². The highest BCUT2D eigenvalue weighted by molar-refractivity contribution is 5.98. The number of carbonyl (C=O) groups is 1. The molecular formula is C22H28N2O2. The summed E-state index contributed by atoms with van der Waals surface area (Å²) in [7, 11) is 0. The molecule has 0 radical (unpaired) electrons. The van der Waals surface area contributed by atoms with E-state index in [-0.39, 0.29) is 5.78 Å². The first-order chi connectivity index (χ1) is 12.5. The summed E-state index contributed by atoms with van der Waals surface area (Å²) in [6.45, 7) is 16.2. The summed E-state index contributed by atoms with van der Waals surface area (Å²) < 4.78 is 7.75. The van der Waals surface area contributed by atoms with Crippen molar-refractivity contribution in [2.45, 2.75) is 39.7 Å². The third-order valence-corrected chi connectivity index (χ3v) is 5.35. The molecule has 0 unspecified atom stereocenters. The third kappa shape index (κ3) is 3.21. The van der Waals surface area contributed by atoms with Gasteiger partial charge in [0.15, 0.2) is 5.78 Å². The molecule has 0 saturated carbocycles. The number of hydrogen-bond donors (Lipinski definition) is 0. The highest BCUT2D eigenvalue weighted by Crippen LogP contribution is 2.32. The van der Waals surface area contributed by atoms with E-state index in [1.54, 1.807) is 13.0 Å². The molecule has 1 saturated heterocycles. The standard InChI is InChI=1S/C22H28N2O2/c1-6-15(3)18-12-20-13-21(17(5)25)16(4)22(24(20)14-18)23(7-2)19-8-10-26-11-9-19/h6,12-14,19H,1,3,7-11H2,2,4-5H3. The SMILES string of the molecule is C=CC(=C)c1cc2cc(C(C)=O)c(C)c(N(CC)C3CCOCC3)n2c1. The third-order valence-electron chi connectivity index (χ3n) is 5.35. The van der Waals surface area contributed by atoms with Gasteiger partial charge in [-0.1, -0.05) is 19.2 Å². The van der Waals surface area contributed by atoms with E-state index in [4.69, 9.17) is 4.74 Å². The molecule has 0 aromatic carbocycles. The molecule has 1 aliphatic rings. The van der Waals surface area contributed by atoms with Gasteiger partial charge in [0, 0.05) is 48.6 Å². The molecular weight excluding hydrogens is 324 g/mol. The number of ketones is 1. The van der Waals surface area contributed by atoms with Crippen molar-refractivity contribution in [2.24, 2.45) is 0 Å². The molecule has 4 heteroatoms. The summed E-state index contributed by atoms with van der Waals surface area (Å²) in [5, 5.41) is 0. The smallest absolute Gasteiger partial charge is 0.160 e. The molecule has 138 valence electrons. The number of Topliss-reactive ketones (excluding diaryl/α,β-unsaturated/α-hetero) is 1. The average molecular weight is 352 g/mol. The summed E-state index contributed by atoms with van der Waals surface area (Å²) >= 11 is 0. The lowest BCUT2D eigenvalue weighted by Crippen LogP contribution is -2.41. The van der Waals surface area contributed by atoms with Crippen LogP contribution in [0.3, 0.4) is 0 Å². The van der Waals surface area contributed by atoms with Crippen LogP contribution in [0.25, 0.3) is 11.1 Å². The lowest BCUT2D eigenvalue weighted by molar-refractivity contribution is 0.0844. The molecule has 2 aromatic heterocycles. The zero-order valence-corrected chi connectivity index (χ0v) is 16.0. The first-order valence-electron chi connectivity index (χ1n) is 9.30. The fourth-order valence-corrected chi connectivity index (χ4v) is 3.92. The van der Waals surface area contributed by atoms with Crippen LogP contribution in [-0.4, -0.2) is 36.0 Å². The van der Waals surface area contributed by atoms with Gasteiger partial charge in [-0.2, -0.15) is 0 Å². The summed E-state index contributed by atoms with van der Waals surface area (Å²) in [4.78, 5) is 14.7. The Balaban J connectivity index is 2.23. The first-order valence-corrected chi connectivity index (χ1v) is 9.30. The molecule has 0 atom stereocenters. The van der Waals surface area contributed by atoms with Gasteiger partial charge in [-0.3, -0.25) is 4.79 Å². The van der Waals surface area contributed by atoms with Crippen LogP contribution in [0.5, 0.6) is 0 Å². The van der Waals surface area contributed by atoms with Gasteiger partial charge >= 0.3 is 0 Å². The number of fused-ring (bicyclic) bond motifs is 1. The molecule has 4 nitrogen and oxygen atoms in total. The van der Waals surface area contributed by atoms with Crippen LogP contribution in [0.15, 0.2) is 37.6 Å². The number of carbonyl (C=O) groups excluding carboxylic acids is 1. The quantitative estimate of drug-likeness (QED) is 0.560. The number of hydrogen-bond acceptors (Lipinski definition) is 3. The van der Waals surface area contributed by atoms with E-state index in [1.807, 2.05) is 6.07 Å². The zero-order valence-electron chi connectivity index (χ0n) is 16.0. The van der Waals surface area contributed by atoms with Crippen LogP contribution >= 0.6 is 0 Å². The van der Waals surface area contributed by atoms with Gasteiger partial charge in [0.1, 0.15) is 5.82 Å². The largest absolute Gasteiger partial charge is 0.381 e. The molecule has 0 spiro atoms. The molecule has 0 aliphatic carbocycles. The molecule has 0 N–H and O–H groups in total. The normalized spacial score (nSPS) is 15.2. The van der Waals surface area contributed by atoms with E-state index < -0.39 is 0 Å². The minimum Gasteiger partial charge on any atom is -0.381 e. The second-order valence-electron chi connectivity index (χ2n) is 6.95. The van der Waals surface area contributed by atoms with Crippen LogP contribution in [0.1, 0.15) is 48.2 Å². The van der Waals surface area contributed by atoms with E-state index in [9.17, 15) is 4.79 Å². The van der Waals surface area contributed by atoms with E-state index >= 15 is 0 Å². The van der Waals surface area contributed by atoms with Crippen molar-refractivity contribution < 1.29 is 9.53 Å². The number of ether oxygens (including phenoxy) is 1. The average Bonchev–Trinajstić information content (AvgIpc) is 3.07. The maximum atomic E-state index is 12.3. The van der Waals surface area contributed by atoms with Crippen molar-refractivity contribution >= 4 is 22.7 Å². The number of aromatic nitrogens is 1. The van der Waals surface area contributed by atoms with Crippen molar-refractivity contribution in [1.29, 1.82) is 0 Å². The zero-order chi connectivity index (χ0) is 18.8. The van der Waals surface area contributed by atoms with Gasteiger partial charge in [-0.05, 0) is 56.9 Å². The topological polar surface area (TPSA) is 34.0 Å². The molecule has 0 bridgehead atoms. The monoisotopic (exact) mass is 352 g/mol. The van der Waals surface area contributed by atoms with Crippen molar-refractivity contribution in [1.82, 2.24) is 4.40 Å². The van der Waals surface area contributed by atoms with Crippen LogP contribution < -0.4 is 4.90 Å². The van der Waals surface area contributed by atoms with Crippen LogP contribution in [0.4, 0.5) is 5.82 Å². The lowest BCUT2D eigenvalue weighted by atomic mass is 10.0. The predicted molar refractivity (Wildman–Crippen MR) is 108 cm³/mol. The van der Waals surface area contributed by atoms with Gasteiger partial charge in [-0.15, -0.1) is 0 Å². The number of nitrogens with zero attached hydrogens (tertiary/aromatic N) is 2. The number of pyridine rings is 1. The van der Waals surface area contributed by atoms with Crippen LogP contribution in [0, 0.1) is 6.92 Å². The number of allylic oxidation sites excluding steroid dienone is 2. The fourth-order valence-electron chi connectivity index (χ4n) is 3.92. The van der Waals surface area contributed by atoms with Gasteiger partial charge < -0.3 is 14.0 Å². The minimum absolute atomic E-state index is 0.0968. The Kier molecular flexibility index (Phi) is 5.33. The second-order valence-corrected chi connectivity index (χ2v) is 6.95. The second kappa shape index (κ2) is 7.50. The number of rotatable bonds is 6. The van der Waals surface area contributed by atoms with E-state index in [0.29, 0.717) is 6.04 Å². The summed E-state index contributed by atoms with van der Waals surface area (Å²) in [6, 6.07) is 4.49. The Morgan fingerprint density at radius 1 is 1.38 bits per heavy atom. The van der Waals surface area contributed by atoms with E-state index in [0.717, 1.165) is 66.2 Å². The summed E-state index contributed by atoms with van der Waals surface area (Å²) in [5.74, 6) is 1.20. The van der Waals surface area contributed by atoms with Gasteiger partial charge in [0.2, 0.25) is 0 Å². The van der Waals surface area contributed by atoms with E-state index in [1.165, 1.54) is 0 Å². The maximum Gasteiger partial charge on any atom is 0.160 e. The highest BCUT2D eigenvalue weighted by atomic mass is 16.5. The maximum absolute atomic E-state index is 12.3. The van der Waals surface area contributed by atoms with Crippen LogP contribution in [-0.2, 0) is 4.74 Å².